The maximum Gasteiger partial charge on any atom is 0.316 e. The lowest BCUT2D eigenvalue weighted by Gasteiger charge is -2.19. The number of carbonyl (C=O) groups is 2. The van der Waals surface area contributed by atoms with Gasteiger partial charge < -0.3 is 4.74 Å². The van der Waals surface area contributed by atoms with Crippen molar-refractivity contribution in [1.29, 1.82) is 0 Å². The monoisotopic (exact) mass is 282 g/mol. The molecule has 100 valence electrons. The first-order valence-corrected chi connectivity index (χ1v) is 6.64. The zero-order chi connectivity index (χ0) is 13.6. The minimum Gasteiger partial charge on any atom is -0.393 e. The molecule has 0 fully saturated rings. The summed E-state index contributed by atoms with van der Waals surface area (Å²) in [4.78, 5) is 22.5. The molecule has 0 aromatic rings. The largest absolute Gasteiger partial charge is 0.393 e. The summed E-state index contributed by atoms with van der Waals surface area (Å²) < 4.78 is 4.79. The average molecular weight is 283 g/mol. The van der Waals surface area contributed by atoms with Crippen LogP contribution in [-0.2, 0) is 14.3 Å². The first-order valence-electron chi connectivity index (χ1n) is 5.76. The third-order valence-corrected chi connectivity index (χ3v) is 2.69. The molecule has 0 N–H and O–H groups in total. The van der Waals surface area contributed by atoms with E-state index in [2.05, 4.69) is 0 Å². The number of hydrogen-bond acceptors (Lipinski definition) is 3. The SMILES string of the molecule is CC(C)CC(=O)OC(=O)C(CC(Cl)Cl)C(C)C. The molecule has 0 aromatic heterocycles. The van der Waals surface area contributed by atoms with Crippen LogP contribution < -0.4 is 0 Å². The molecule has 1 unspecified atom stereocenters. The van der Waals surface area contributed by atoms with Gasteiger partial charge in [0.1, 0.15) is 4.84 Å². The lowest BCUT2D eigenvalue weighted by atomic mass is 9.93. The minimum absolute atomic E-state index is 0.0364. The molecule has 0 rings (SSSR count). The highest BCUT2D eigenvalue weighted by Crippen LogP contribution is 2.23. The summed E-state index contributed by atoms with van der Waals surface area (Å²) in [5, 5.41) is 0. The summed E-state index contributed by atoms with van der Waals surface area (Å²) in [5.41, 5.74) is 0. The van der Waals surface area contributed by atoms with E-state index in [1.807, 2.05) is 27.7 Å². The van der Waals surface area contributed by atoms with Crippen molar-refractivity contribution in [3.63, 3.8) is 0 Å². The summed E-state index contributed by atoms with van der Waals surface area (Å²) in [6.45, 7) is 7.52. The molecule has 0 aliphatic heterocycles. The van der Waals surface area contributed by atoms with Crippen molar-refractivity contribution in [2.75, 3.05) is 0 Å². The fraction of sp³-hybridized carbons (Fsp3) is 0.833. The molecule has 0 heterocycles. The molecule has 0 bridgehead atoms. The van der Waals surface area contributed by atoms with Crippen molar-refractivity contribution >= 4 is 35.1 Å². The van der Waals surface area contributed by atoms with Gasteiger partial charge in [-0.25, -0.2) is 0 Å². The van der Waals surface area contributed by atoms with Crippen LogP contribution in [0, 0.1) is 17.8 Å². The van der Waals surface area contributed by atoms with E-state index >= 15 is 0 Å². The van der Waals surface area contributed by atoms with E-state index in [1.165, 1.54) is 0 Å². The van der Waals surface area contributed by atoms with Crippen LogP contribution >= 0.6 is 23.2 Å². The molecule has 0 spiro atoms. The van der Waals surface area contributed by atoms with Crippen molar-refractivity contribution in [3.05, 3.63) is 0 Å². The Morgan fingerprint density at radius 2 is 1.65 bits per heavy atom. The van der Waals surface area contributed by atoms with E-state index in [9.17, 15) is 9.59 Å². The van der Waals surface area contributed by atoms with E-state index in [0.717, 1.165) is 0 Å². The smallest absolute Gasteiger partial charge is 0.316 e. The highest BCUT2D eigenvalue weighted by molar-refractivity contribution is 6.44. The molecule has 0 saturated carbocycles. The van der Waals surface area contributed by atoms with E-state index in [1.54, 1.807) is 0 Å². The van der Waals surface area contributed by atoms with Gasteiger partial charge in [-0.2, -0.15) is 0 Å². The predicted molar refractivity (Wildman–Crippen MR) is 69.0 cm³/mol. The third-order valence-electron chi connectivity index (χ3n) is 2.33. The highest BCUT2D eigenvalue weighted by atomic mass is 35.5. The standard InChI is InChI=1S/C12H20Cl2O3/c1-7(2)5-11(15)17-12(16)9(8(3)4)6-10(13)14/h7-10H,5-6H2,1-4H3. The number of esters is 2. The Balaban J connectivity index is 4.37. The molecule has 17 heavy (non-hydrogen) atoms. The van der Waals surface area contributed by atoms with Crippen molar-refractivity contribution in [2.45, 2.75) is 45.4 Å². The fourth-order valence-electron chi connectivity index (χ4n) is 1.40. The molecule has 0 amide bonds. The van der Waals surface area contributed by atoms with Crippen molar-refractivity contribution < 1.29 is 14.3 Å². The quantitative estimate of drug-likeness (QED) is 0.425. The lowest BCUT2D eigenvalue weighted by molar-refractivity contribution is -0.164. The van der Waals surface area contributed by atoms with Gasteiger partial charge in [0.25, 0.3) is 0 Å². The van der Waals surface area contributed by atoms with Gasteiger partial charge in [-0.05, 0) is 18.3 Å². The Morgan fingerprint density at radius 1 is 1.12 bits per heavy atom. The Hall–Kier alpha value is -0.280. The zero-order valence-electron chi connectivity index (χ0n) is 10.7. The number of ether oxygens (including phenoxy) is 1. The van der Waals surface area contributed by atoms with Crippen LogP contribution in [0.3, 0.4) is 0 Å². The molecule has 0 saturated heterocycles. The van der Waals surface area contributed by atoms with Crippen LogP contribution in [0.2, 0.25) is 0 Å². The summed E-state index contributed by atoms with van der Waals surface area (Å²) in [6.07, 6.45) is 0.538. The maximum absolute atomic E-state index is 11.8. The molecule has 5 heteroatoms. The van der Waals surface area contributed by atoms with Gasteiger partial charge >= 0.3 is 11.9 Å². The summed E-state index contributed by atoms with van der Waals surface area (Å²) in [7, 11) is 0. The molecular weight excluding hydrogens is 263 g/mol. The van der Waals surface area contributed by atoms with Gasteiger partial charge in [-0.1, -0.05) is 27.7 Å². The van der Waals surface area contributed by atoms with E-state index in [-0.39, 0.29) is 18.3 Å². The maximum atomic E-state index is 11.8. The number of rotatable bonds is 6. The van der Waals surface area contributed by atoms with Crippen LogP contribution in [0.5, 0.6) is 0 Å². The molecule has 0 aromatic carbocycles. The summed E-state index contributed by atoms with van der Waals surface area (Å²) >= 11 is 11.3. The molecule has 3 nitrogen and oxygen atoms in total. The van der Waals surface area contributed by atoms with E-state index < -0.39 is 22.7 Å². The summed E-state index contributed by atoms with van der Waals surface area (Å²) in [6, 6.07) is 0. The van der Waals surface area contributed by atoms with Gasteiger partial charge in [0.05, 0.1) is 5.92 Å². The van der Waals surface area contributed by atoms with E-state index in [0.29, 0.717) is 6.42 Å². The molecule has 0 aliphatic rings. The number of alkyl halides is 2. The van der Waals surface area contributed by atoms with Crippen molar-refractivity contribution in [2.24, 2.45) is 17.8 Å². The van der Waals surface area contributed by atoms with Gasteiger partial charge in [0.15, 0.2) is 0 Å². The second-order valence-corrected chi connectivity index (χ2v) is 6.15. The van der Waals surface area contributed by atoms with Gasteiger partial charge in [0.2, 0.25) is 0 Å². The van der Waals surface area contributed by atoms with Gasteiger partial charge in [0, 0.05) is 6.42 Å². The normalized spacial score (nSPS) is 13.2. The fourth-order valence-corrected chi connectivity index (χ4v) is 1.78. The Labute approximate surface area is 113 Å². The Morgan fingerprint density at radius 3 is 2.00 bits per heavy atom. The number of halogens is 2. The molecule has 0 aliphatic carbocycles. The summed E-state index contributed by atoms with van der Waals surface area (Å²) in [5.74, 6) is -1.25. The van der Waals surface area contributed by atoms with Crippen molar-refractivity contribution in [1.82, 2.24) is 0 Å². The van der Waals surface area contributed by atoms with E-state index in [4.69, 9.17) is 27.9 Å². The van der Waals surface area contributed by atoms with Crippen molar-refractivity contribution in [3.8, 4) is 0 Å². The topological polar surface area (TPSA) is 43.4 Å². The Kier molecular flexibility index (Phi) is 7.80. The minimum atomic E-state index is -0.629. The van der Waals surface area contributed by atoms with Crippen LogP contribution in [-0.4, -0.2) is 16.8 Å². The lowest BCUT2D eigenvalue weighted by Crippen LogP contribution is -2.27. The third kappa shape index (κ3) is 7.61. The molecule has 0 radical (unpaired) electrons. The first-order chi connectivity index (χ1) is 7.73. The van der Waals surface area contributed by atoms with Crippen LogP contribution in [0.25, 0.3) is 0 Å². The predicted octanol–water partition coefficient (Wildman–Crippen LogP) is 3.57. The first kappa shape index (κ1) is 16.7. The van der Waals surface area contributed by atoms with Gasteiger partial charge in [-0.3, -0.25) is 9.59 Å². The molecular formula is C12H20Cl2O3. The second kappa shape index (κ2) is 7.93. The van der Waals surface area contributed by atoms with Crippen LogP contribution in [0.4, 0.5) is 0 Å². The van der Waals surface area contributed by atoms with Crippen LogP contribution in [0.1, 0.15) is 40.5 Å². The van der Waals surface area contributed by atoms with Gasteiger partial charge in [-0.15, -0.1) is 23.2 Å². The number of hydrogen-bond donors (Lipinski definition) is 0. The second-order valence-electron chi connectivity index (χ2n) is 4.87. The zero-order valence-corrected chi connectivity index (χ0v) is 12.2. The Bertz CT molecular complexity index is 262. The average Bonchev–Trinajstić information content (AvgIpc) is 2.11. The number of carbonyl (C=O) groups excluding carboxylic acids is 2. The highest BCUT2D eigenvalue weighted by Gasteiger charge is 2.27. The van der Waals surface area contributed by atoms with Crippen LogP contribution in [0.15, 0.2) is 0 Å². The molecule has 1 atom stereocenters.